The monoisotopic (exact) mass is 209 g/mol. The first-order chi connectivity index (χ1) is 7.38. The van der Waals surface area contributed by atoms with Gasteiger partial charge in [0.2, 0.25) is 5.89 Å². The van der Waals surface area contributed by atoms with Crippen LogP contribution in [0.25, 0.3) is 0 Å². The smallest absolute Gasteiger partial charge is 0.226 e. The molecule has 1 fully saturated rings. The molecule has 1 aromatic rings. The van der Waals surface area contributed by atoms with Crippen LogP contribution in [0, 0.1) is 5.92 Å². The van der Waals surface area contributed by atoms with Crippen LogP contribution in [0.4, 0.5) is 0 Å². The van der Waals surface area contributed by atoms with Crippen LogP contribution in [-0.2, 0) is 17.6 Å². The molecule has 0 spiro atoms. The lowest BCUT2D eigenvalue weighted by atomic mass is 9.96. The molecular formula is C10H15N3O2. The van der Waals surface area contributed by atoms with Crippen molar-refractivity contribution < 1.29 is 9.32 Å². The predicted octanol–water partition coefficient (Wildman–Crippen LogP) is 0.353. The van der Waals surface area contributed by atoms with Gasteiger partial charge in [0.1, 0.15) is 6.29 Å². The Labute approximate surface area is 88.2 Å². The van der Waals surface area contributed by atoms with E-state index < -0.39 is 0 Å². The van der Waals surface area contributed by atoms with Crippen molar-refractivity contribution in [3.05, 3.63) is 11.7 Å². The summed E-state index contributed by atoms with van der Waals surface area (Å²) >= 11 is 0. The van der Waals surface area contributed by atoms with E-state index in [1.165, 1.54) is 12.8 Å². The first kappa shape index (κ1) is 10.3. The molecule has 0 radical (unpaired) electrons. The number of hydrogen-bond donors (Lipinski definition) is 1. The second kappa shape index (κ2) is 5.02. The molecule has 0 aliphatic carbocycles. The fourth-order valence-corrected chi connectivity index (χ4v) is 1.88. The first-order valence-electron chi connectivity index (χ1n) is 5.34. The maximum absolute atomic E-state index is 10.2. The van der Waals surface area contributed by atoms with E-state index in [2.05, 4.69) is 15.5 Å². The van der Waals surface area contributed by atoms with Crippen LogP contribution in [0.1, 0.15) is 24.6 Å². The second-order valence-electron chi connectivity index (χ2n) is 3.89. The van der Waals surface area contributed by atoms with E-state index >= 15 is 0 Å². The van der Waals surface area contributed by atoms with E-state index in [-0.39, 0.29) is 6.42 Å². The summed E-state index contributed by atoms with van der Waals surface area (Å²) in [7, 11) is 0. The summed E-state index contributed by atoms with van der Waals surface area (Å²) in [6.07, 6.45) is 4.26. The normalized spacial score (nSPS) is 21.5. The van der Waals surface area contributed by atoms with Crippen LogP contribution in [-0.4, -0.2) is 29.5 Å². The third kappa shape index (κ3) is 2.86. The average molecular weight is 209 g/mol. The maximum atomic E-state index is 10.2. The Balaban J connectivity index is 1.88. The van der Waals surface area contributed by atoms with Crippen molar-refractivity contribution in [2.45, 2.75) is 25.7 Å². The molecule has 1 N–H and O–H groups in total. The van der Waals surface area contributed by atoms with E-state index in [1.807, 2.05) is 0 Å². The molecule has 0 aromatic carbocycles. The lowest BCUT2D eigenvalue weighted by molar-refractivity contribution is -0.107. The maximum Gasteiger partial charge on any atom is 0.226 e. The van der Waals surface area contributed by atoms with Crippen molar-refractivity contribution in [1.29, 1.82) is 0 Å². The van der Waals surface area contributed by atoms with Crippen molar-refractivity contribution in [3.8, 4) is 0 Å². The molecule has 1 aliphatic heterocycles. The highest BCUT2D eigenvalue weighted by Gasteiger charge is 2.16. The summed E-state index contributed by atoms with van der Waals surface area (Å²) in [6, 6.07) is 0. The van der Waals surface area contributed by atoms with Crippen molar-refractivity contribution in [2.24, 2.45) is 5.92 Å². The number of aromatic nitrogens is 2. The van der Waals surface area contributed by atoms with Gasteiger partial charge in [0.15, 0.2) is 5.82 Å². The van der Waals surface area contributed by atoms with E-state index in [0.29, 0.717) is 17.6 Å². The molecule has 1 saturated heterocycles. The summed E-state index contributed by atoms with van der Waals surface area (Å²) in [5.41, 5.74) is 0. The molecule has 82 valence electrons. The first-order valence-corrected chi connectivity index (χ1v) is 5.34. The molecule has 0 amide bonds. The van der Waals surface area contributed by atoms with Gasteiger partial charge in [-0.3, -0.25) is 0 Å². The molecule has 15 heavy (non-hydrogen) atoms. The van der Waals surface area contributed by atoms with Crippen molar-refractivity contribution >= 4 is 6.29 Å². The fourth-order valence-electron chi connectivity index (χ4n) is 1.88. The topological polar surface area (TPSA) is 68.0 Å². The number of carbonyl (C=O) groups is 1. The van der Waals surface area contributed by atoms with E-state index in [9.17, 15) is 4.79 Å². The number of carbonyl (C=O) groups excluding carboxylic acids is 1. The zero-order chi connectivity index (χ0) is 10.5. The lowest BCUT2D eigenvalue weighted by Gasteiger charge is -2.20. The van der Waals surface area contributed by atoms with Gasteiger partial charge in [0, 0.05) is 6.42 Å². The average Bonchev–Trinajstić information content (AvgIpc) is 2.68. The van der Waals surface area contributed by atoms with Gasteiger partial charge in [0.25, 0.3) is 0 Å². The zero-order valence-corrected chi connectivity index (χ0v) is 8.61. The predicted molar refractivity (Wildman–Crippen MR) is 53.4 cm³/mol. The van der Waals surface area contributed by atoms with Crippen LogP contribution < -0.4 is 5.32 Å². The van der Waals surface area contributed by atoms with E-state index in [4.69, 9.17) is 4.52 Å². The molecule has 5 heteroatoms. The standard InChI is InChI=1S/C10H15N3O2/c14-5-3-9-12-10(15-13-9)6-8-2-1-4-11-7-8/h5,8,11H,1-4,6-7H2. The van der Waals surface area contributed by atoms with Crippen molar-refractivity contribution in [2.75, 3.05) is 13.1 Å². The summed E-state index contributed by atoms with van der Waals surface area (Å²) in [5, 5.41) is 7.07. The second-order valence-corrected chi connectivity index (χ2v) is 3.89. The zero-order valence-electron chi connectivity index (χ0n) is 8.61. The highest BCUT2D eigenvalue weighted by atomic mass is 16.5. The molecule has 0 bridgehead atoms. The number of nitrogens with one attached hydrogen (secondary N) is 1. The van der Waals surface area contributed by atoms with E-state index in [0.717, 1.165) is 25.8 Å². The van der Waals surface area contributed by atoms with Gasteiger partial charge >= 0.3 is 0 Å². The third-order valence-corrected chi connectivity index (χ3v) is 2.64. The molecule has 1 aromatic heterocycles. The van der Waals surface area contributed by atoms with Crippen molar-refractivity contribution in [1.82, 2.24) is 15.5 Å². The minimum atomic E-state index is 0.242. The van der Waals surface area contributed by atoms with Gasteiger partial charge in [-0.25, -0.2) is 0 Å². The SMILES string of the molecule is O=CCc1noc(CC2CCCNC2)n1. The summed E-state index contributed by atoms with van der Waals surface area (Å²) in [5.74, 6) is 1.73. The Kier molecular flexibility index (Phi) is 3.45. The Morgan fingerprint density at radius 2 is 2.53 bits per heavy atom. The molecule has 2 rings (SSSR count). The van der Waals surface area contributed by atoms with Crippen LogP contribution in [0.15, 0.2) is 4.52 Å². The summed E-state index contributed by atoms with van der Waals surface area (Å²) in [4.78, 5) is 14.4. The number of nitrogens with zero attached hydrogens (tertiary/aromatic N) is 2. The quantitative estimate of drug-likeness (QED) is 0.725. The largest absolute Gasteiger partial charge is 0.339 e. The molecule has 5 nitrogen and oxygen atoms in total. The molecule has 1 unspecified atom stereocenters. The number of rotatable bonds is 4. The lowest BCUT2D eigenvalue weighted by Crippen LogP contribution is -2.30. The van der Waals surface area contributed by atoms with Crippen molar-refractivity contribution in [3.63, 3.8) is 0 Å². The molecule has 0 saturated carbocycles. The summed E-state index contributed by atoms with van der Waals surface area (Å²) < 4.78 is 5.07. The minimum absolute atomic E-state index is 0.242. The highest BCUT2D eigenvalue weighted by Crippen LogP contribution is 2.15. The number of piperidine rings is 1. The molecule has 1 aliphatic rings. The van der Waals surface area contributed by atoms with Crippen LogP contribution in [0.3, 0.4) is 0 Å². The Morgan fingerprint density at radius 3 is 3.27 bits per heavy atom. The van der Waals surface area contributed by atoms with E-state index in [1.54, 1.807) is 0 Å². The fraction of sp³-hybridized carbons (Fsp3) is 0.700. The van der Waals surface area contributed by atoms with Crippen LogP contribution in [0.5, 0.6) is 0 Å². The van der Waals surface area contributed by atoms with Gasteiger partial charge in [0.05, 0.1) is 6.42 Å². The Hall–Kier alpha value is -1.23. The van der Waals surface area contributed by atoms with Gasteiger partial charge < -0.3 is 14.6 Å². The minimum Gasteiger partial charge on any atom is -0.339 e. The highest BCUT2D eigenvalue weighted by molar-refractivity contribution is 5.52. The van der Waals surface area contributed by atoms with Gasteiger partial charge in [-0.2, -0.15) is 4.98 Å². The van der Waals surface area contributed by atoms with Gasteiger partial charge in [-0.15, -0.1) is 0 Å². The van der Waals surface area contributed by atoms with Crippen LogP contribution >= 0.6 is 0 Å². The Bertz CT molecular complexity index is 318. The van der Waals surface area contributed by atoms with Gasteiger partial charge in [-0.1, -0.05) is 5.16 Å². The Morgan fingerprint density at radius 1 is 1.60 bits per heavy atom. The molecule has 1 atom stereocenters. The number of hydrogen-bond acceptors (Lipinski definition) is 5. The summed E-state index contributed by atoms with van der Waals surface area (Å²) in [6.45, 7) is 2.13. The number of aldehydes is 1. The molecular weight excluding hydrogens is 194 g/mol. The molecule has 2 heterocycles. The van der Waals surface area contributed by atoms with Gasteiger partial charge in [-0.05, 0) is 31.8 Å². The van der Waals surface area contributed by atoms with Crippen LogP contribution in [0.2, 0.25) is 0 Å². The third-order valence-electron chi connectivity index (χ3n) is 2.64.